The smallest absolute Gasteiger partial charge is 0.242 e. The predicted octanol–water partition coefficient (Wildman–Crippen LogP) is 2.50. The van der Waals surface area contributed by atoms with Crippen LogP contribution in [0, 0.1) is 0 Å². The first-order valence-electron chi connectivity index (χ1n) is 8.32. The van der Waals surface area contributed by atoms with Gasteiger partial charge in [0.1, 0.15) is 5.75 Å². The highest BCUT2D eigenvalue weighted by molar-refractivity contribution is 7.99. The van der Waals surface area contributed by atoms with Crippen LogP contribution in [0.25, 0.3) is 0 Å². The van der Waals surface area contributed by atoms with Crippen LogP contribution in [0.3, 0.4) is 0 Å². The molecule has 0 aliphatic heterocycles. The molecular formula is C19H24N2O4S2. The van der Waals surface area contributed by atoms with E-state index in [9.17, 15) is 13.2 Å². The van der Waals surface area contributed by atoms with Gasteiger partial charge in [0.15, 0.2) is 0 Å². The van der Waals surface area contributed by atoms with Crippen LogP contribution < -0.4 is 10.1 Å². The van der Waals surface area contributed by atoms with E-state index < -0.39 is 10.0 Å². The van der Waals surface area contributed by atoms with Crippen molar-refractivity contribution in [3.8, 4) is 5.75 Å². The zero-order chi connectivity index (χ0) is 19.9. The lowest BCUT2D eigenvalue weighted by Crippen LogP contribution is -2.28. The molecule has 0 unspecified atom stereocenters. The Kier molecular flexibility index (Phi) is 7.70. The lowest BCUT2D eigenvalue weighted by molar-refractivity contribution is -0.118. The van der Waals surface area contributed by atoms with Crippen molar-refractivity contribution in [1.29, 1.82) is 0 Å². The zero-order valence-electron chi connectivity index (χ0n) is 15.6. The third kappa shape index (κ3) is 5.98. The molecule has 2 aromatic rings. The molecule has 0 aliphatic rings. The van der Waals surface area contributed by atoms with E-state index in [0.29, 0.717) is 17.1 Å². The van der Waals surface area contributed by atoms with Crippen LogP contribution in [0.1, 0.15) is 11.1 Å². The molecule has 0 saturated carbocycles. The number of hydrogen-bond donors (Lipinski definition) is 1. The van der Waals surface area contributed by atoms with Gasteiger partial charge in [-0.3, -0.25) is 4.79 Å². The summed E-state index contributed by atoms with van der Waals surface area (Å²) >= 11 is 1.49. The monoisotopic (exact) mass is 408 g/mol. The van der Waals surface area contributed by atoms with Crippen molar-refractivity contribution in [2.24, 2.45) is 0 Å². The number of carbonyl (C=O) groups excluding carboxylic acids is 1. The van der Waals surface area contributed by atoms with Crippen molar-refractivity contribution < 1.29 is 17.9 Å². The van der Waals surface area contributed by atoms with Crippen LogP contribution in [0.15, 0.2) is 53.4 Å². The van der Waals surface area contributed by atoms with Crippen LogP contribution in [-0.2, 0) is 27.1 Å². The summed E-state index contributed by atoms with van der Waals surface area (Å²) in [5.41, 5.74) is 1.65. The lowest BCUT2D eigenvalue weighted by atomic mass is 10.2. The first-order chi connectivity index (χ1) is 12.8. The van der Waals surface area contributed by atoms with Gasteiger partial charge in [-0.2, -0.15) is 0 Å². The first-order valence-corrected chi connectivity index (χ1v) is 10.9. The number of sulfonamides is 1. The number of amides is 1. The number of thioether (sulfide) groups is 1. The van der Waals surface area contributed by atoms with Gasteiger partial charge in [-0.15, -0.1) is 11.8 Å². The maximum absolute atomic E-state index is 12.4. The van der Waals surface area contributed by atoms with Gasteiger partial charge in [0, 0.05) is 26.4 Å². The molecule has 27 heavy (non-hydrogen) atoms. The lowest BCUT2D eigenvalue weighted by Gasteiger charge is -2.15. The van der Waals surface area contributed by atoms with Gasteiger partial charge in [-0.05, 0) is 29.3 Å². The van der Waals surface area contributed by atoms with Crippen LogP contribution in [-0.4, -0.2) is 45.6 Å². The van der Waals surface area contributed by atoms with E-state index in [1.165, 1.54) is 25.9 Å². The Hall–Kier alpha value is -2.03. The van der Waals surface area contributed by atoms with Crippen molar-refractivity contribution in [2.45, 2.75) is 17.2 Å². The summed E-state index contributed by atoms with van der Waals surface area (Å²) in [5, 5.41) is 2.79. The molecule has 2 rings (SSSR count). The average Bonchev–Trinajstić information content (AvgIpc) is 2.66. The van der Waals surface area contributed by atoms with Gasteiger partial charge in [0.2, 0.25) is 15.9 Å². The van der Waals surface area contributed by atoms with Gasteiger partial charge in [-0.1, -0.05) is 30.3 Å². The fourth-order valence-electron chi connectivity index (χ4n) is 2.37. The van der Waals surface area contributed by atoms with Crippen LogP contribution >= 0.6 is 11.8 Å². The van der Waals surface area contributed by atoms with E-state index >= 15 is 0 Å². The summed E-state index contributed by atoms with van der Waals surface area (Å²) in [4.78, 5) is 12.3. The summed E-state index contributed by atoms with van der Waals surface area (Å²) in [6.07, 6.45) is 0. The molecular weight excluding hydrogens is 384 g/mol. The molecule has 0 radical (unpaired) electrons. The van der Waals surface area contributed by atoms with Gasteiger partial charge in [-0.25, -0.2) is 12.7 Å². The van der Waals surface area contributed by atoms with Gasteiger partial charge in [0.25, 0.3) is 0 Å². The fourth-order valence-corrected chi connectivity index (χ4v) is 4.29. The molecule has 2 aromatic carbocycles. The SMILES string of the molecule is COc1cccc(CSCC(=O)NCc2ccccc2S(=O)(=O)N(C)C)c1. The number of ether oxygens (including phenoxy) is 1. The van der Waals surface area contributed by atoms with Crippen LogP contribution in [0.5, 0.6) is 5.75 Å². The molecule has 1 amide bonds. The second kappa shape index (κ2) is 9.77. The number of benzene rings is 2. The summed E-state index contributed by atoms with van der Waals surface area (Å²) in [7, 11) is 1.04. The second-order valence-electron chi connectivity index (χ2n) is 6.02. The Labute approximate surface area is 165 Å². The molecule has 146 valence electrons. The summed E-state index contributed by atoms with van der Waals surface area (Å²) < 4.78 is 31.1. The van der Waals surface area contributed by atoms with Crippen molar-refractivity contribution >= 4 is 27.7 Å². The number of rotatable bonds is 9. The highest BCUT2D eigenvalue weighted by Crippen LogP contribution is 2.19. The fraction of sp³-hybridized carbons (Fsp3) is 0.316. The summed E-state index contributed by atoms with van der Waals surface area (Å²) in [6.45, 7) is 0.168. The molecule has 0 fully saturated rings. The number of nitrogens with zero attached hydrogens (tertiary/aromatic N) is 1. The highest BCUT2D eigenvalue weighted by Gasteiger charge is 2.20. The maximum atomic E-state index is 12.4. The second-order valence-corrected chi connectivity index (χ2v) is 9.12. The number of methoxy groups -OCH3 is 1. The Morgan fingerprint density at radius 1 is 1.15 bits per heavy atom. The van der Waals surface area contributed by atoms with Crippen molar-refractivity contribution in [1.82, 2.24) is 9.62 Å². The summed E-state index contributed by atoms with van der Waals surface area (Å²) in [5.74, 6) is 1.63. The quantitative estimate of drug-likeness (QED) is 0.690. The van der Waals surface area contributed by atoms with Crippen LogP contribution in [0.2, 0.25) is 0 Å². The molecule has 0 atom stereocenters. The Balaban J connectivity index is 1.89. The molecule has 0 aliphatic carbocycles. The van der Waals surface area contributed by atoms with E-state index in [-0.39, 0.29) is 17.3 Å². The third-order valence-corrected chi connectivity index (χ3v) is 6.76. The number of hydrogen-bond acceptors (Lipinski definition) is 5. The van der Waals surface area contributed by atoms with Crippen molar-refractivity contribution in [2.75, 3.05) is 27.0 Å². The summed E-state index contributed by atoms with van der Waals surface area (Å²) in [6, 6.07) is 14.4. The van der Waals surface area contributed by atoms with E-state index in [4.69, 9.17) is 4.74 Å². The van der Waals surface area contributed by atoms with Crippen molar-refractivity contribution in [3.05, 3.63) is 59.7 Å². The number of nitrogens with one attached hydrogen (secondary N) is 1. The zero-order valence-corrected chi connectivity index (χ0v) is 17.3. The van der Waals surface area contributed by atoms with E-state index in [1.54, 1.807) is 31.4 Å². The molecule has 0 bridgehead atoms. The third-order valence-electron chi connectivity index (χ3n) is 3.84. The molecule has 0 aromatic heterocycles. The Morgan fingerprint density at radius 3 is 2.59 bits per heavy atom. The van der Waals surface area contributed by atoms with Crippen LogP contribution in [0.4, 0.5) is 0 Å². The molecule has 1 N–H and O–H groups in total. The molecule has 0 heterocycles. The van der Waals surface area contributed by atoms with Crippen molar-refractivity contribution in [3.63, 3.8) is 0 Å². The Bertz CT molecular complexity index is 883. The van der Waals surface area contributed by atoms with E-state index in [0.717, 1.165) is 15.6 Å². The van der Waals surface area contributed by atoms with Gasteiger partial charge in [0.05, 0.1) is 17.8 Å². The minimum atomic E-state index is -3.55. The molecule has 8 heteroatoms. The minimum Gasteiger partial charge on any atom is -0.497 e. The van der Waals surface area contributed by atoms with E-state index in [1.807, 2.05) is 24.3 Å². The Morgan fingerprint density at radius 2 is 1.89 bits per heavy atom. The average molecular weight is 409 g/mol. The predicted molar refractivity (Wildman–Crippen MR) is 108 cm³/mol. The topological polar surface area (TPSA) is 75.7 Å². The normalized spacial score (nSPS) is 11.4. The van der Waals surface area contributed by atoms with Gasteiger partial charge < -0.3 is 10.1 Å². The highest BCUT2D eigenvalue weighted by atomic mass is 32.2. The first kappa shape index (κ1) is 21.3. The molecule has 0 saturated heterocycles. The maximum Gasteiger partial charge on any atom is 0.242 e. The standard InChI is InChI=1S/C19H24N2O4S2/c1-21(2)27(23,24)18-10-5-4-8-16(18)12-20-19(22)14-26-13-15-7-6-9-17(11-15)25-3/h4-11H,12-14H2,1-3H3,(H,20,22). The van der Waals surface area contributed by atoms with E-state index in [2.05, 4.69) is 5.32 Å². The largest absolute Gasteiger partial charge is 0.497 e. The number of carbonyl (C=O) groups is 1. The minimum absolute atomic E-state index is 0.139. The van der Waals surface area contributed by atoms with Gasteiger partial charge >= 0.3 is 0 Å². The molecule has 0 spiro atoms. The molecule has 6 nitrogen and oxygen atoms in total.